The molecule has 0 radical (unpaired) electrons. The van der Waals surface area contributed by atoms with Crippen molar-refractivity contribution in [3.8, 4) is 0 Å². The van der Waals surface area contributed by atoms with Crippen LogP contribution in [0.2, 0.25) is 0 Å². The highest BCUT2D eigenvalue weighted by molar-refractivity contribution is 9.10. The van der Waals surface area contributed by atoms with Gasteiger partial charge in [-0.1, -0.05) is 28.1 Å². The average molecular weight is 298 g/mol. The molecule has 1 fully saturated rings. The Balaban J connectivity index is 1.77. The van der Waals surface area contributed by atoms with E-state index in [-0.39, 0.29) is 12.5 Å². The van der Waals surface area contributed by atoms with Crippen molar-refractivity contribution in [2.75, 3.05) is 19.7 Å². The summed E-state index contributed by atoms with van der Waals surface area (Å²) in [6.07, 6.45) is 1.33. The molecule has 1 N–H and O–H groups in total. The predicted molar refractivity (Wildman–Crippen MR) is 69.6 cm³/mol. The fourth-order valence-corrected chi connectivity index (χ4v) is 2.44. The highest BCUT2D eigenvalue weighted by atomic mass is 79.9. The molecule has 1 aliphatic rings. The van der Waals surface area contributed by atoms with Crippen LogP contribution in [0.3, 0.4) is 0 Å². The third kappa shape index (κ3) is 3.30. The third-order valence-electron chi connectivity index (χ3n) is 3.08. The summed E-state index contributed by atoms with van der Waals surface area (Å²) < 4.78 is 1.05. The maximum Gasteiger partial charge on any atom is 0.222 e. The van der Waals surface area contributed by atoms with Gasteiger partial charge in [0.15, 0.2) is 0 Å². The van der Waals surface area contributed by atoms with Gasteiger partial charge < -0.3 is 10.0 Å². The molecule has 17 heavy (non-hydrogen) atoms. The Labute approximate surface area is 110 Å². The van der Waals surface area contributed by atoms with Crippen LogP contribution in [0.5, 0.6) is 0 Å². The van der Waals surface area contributed by atoms with Crippen LogP contribution in [0.1, 0.15) is 12.0 Å². The number of carbonyl (C=O) groups is 1. The number of amides is 1. The second-order valence-corrected chi connectivity index (χ2v) is 5.39. The minimum absolute atomic E-state index is 0.190. The maximum atomic E-state index is 11.8. The van der Waals surface area contributed by atoms with E-state index in [1.165, 1.54) is 5.56 Å². The molecule has 0 aromatic heterocycles. The lowest BCUT2D eigenvalue weighted by atomic mass is 10.00. The van der Waals surface area contributed by atoms with Gasteiger partial charge in [-0.05, 0) is 24.1 Å². The van der Waals surface area contributed by atoms with Crippen molar-refractivity contribution in [1.82, 2.24) is 4.90 Å². The molecule has 2 rings (SSSR count). The van der Waals surface area contributed by atoms with E-state index in [0.717, 1.165) is 10.9 Å². The molecule has 0 bridgehead atoms. The van der Waals surface area contributed by atoms with Crippen LogP contribution < -0.4 is 0 Å². The van der Waals surface area contributed by atoms with Gasteiger partial charge >= 0.3 is 0 Å². The Morgan fingerprint density at radius 3 is 2.88 bits per heavy atom. The summed E-state index contributed by atoms with van der Waals surface area (Å²) in [6, 6.07) is 8.03. The van der Waals surface area contributed by atoms with Gasteiger partial charge in [-0.2, -0.15) is 0 Å². The van der Waals surface area contributed by atoms with Crippen LogP contribution in [0.25, 0.3) is 0 Å². The second kappa shape index (κ2) is 5.65. The number of hydrogen-bond donors (Lipinski definition) is 1. The summed E-state index contributed by atoms with van der Waals surface area (Å²) in [7, 11) is 0. The summed E-state index contributed by atoms with van der Waals surface area (Å²) in [5, 5.41) is 8.88. The van der Waals surface area contributed by atoms with E-state index in [0.29, 0.717) is 25.4 Å². The van der Waals surface area contributed by atoms with Gasteiger partial charge in [0, 0.05) is 36.5 Å². The highest BCUT2D eigenvalue weighted by Gasteiger charge is 2.29. The zero-order valence-corrected chi connectivity index (χ0v) is 11.2. The molecule has 1 aromatic carbocycles. The average Bonchev–Trinajstić information content (AvgIpc) is 2.25. The first-order valence-corrected chi connectivity index (χ1v) is 6.61. The zero-order chi connectivity index (χ0) is 12.3. The Morgan fingerprint density at radius 2 is 2.24 bits per heavy atom. The van der Waals surface area contributed by atoms with Crippen molar-refractivity contribution in [2.24, 2.45) is 5.92 Å². The molecular formula is C13H16BrNO2. The van der Waals surface area contributed by atoms with Crippen molar-refractivity contribution in [2.45, 2.75) is 12.8 Å². The van der Waals surface area contributed by atoms with Gasteiger partial charge in [-0.3, -0.25) is 4.79 Å². The summed E-state index contributed by atoms with van der Waals surface area (Å²) in [4.78, 5) is 13.6. The van der Waals surface area contributed by atoms with E-state index >= 15 is 0 Å². The summed E-state index contributed by atoms with van der Waals surface area (Å²) in [5.74, 6) is 0.486. The normalized spacial score (nSPS) is 15.8. The van der Waals surface area contributed by atoms with E-state index in [4.69, 9.17) is 5.11 Å². The van der Waals surface area contributed by atoms with Gasteiger partial charge in [-0.25, -0.2) is 0 Å². The second-order valence-electron chi connectivity index (χ2n) is 4.48. The molecule has 0 spiro atoms. The lowest BCUT2D eigenvalue weighted by molar-refractivity contribution is -0.138. The quantitative estimate of drug-likeness (QED) is 0.921. The Kier molecular flexibility index (Phi) is 4.18. The fourth-order valence-electron chi connectivity index (χ4n) is 1.99. The largest absolute Gasteiger partial charge is 0.396 e. The number of carbonyl (C=O) groups excluding carboxylic acids is 1. The lowest BCUT2D eigenvalue weighted by Crippen LogP contribution is -2.51. The molecule has 1 heterocycles. The summed E-state index contributed by atoms with van der Waals surface area (Å²) >= 11 is 3.42. The lowest BCUT2D eigenvalue weighted by Gasteiger charge is -2.38. The molecule has 1 aliphatic heterocycles. The maximum absolute atomic E-state index is 11.8. The first kappa shape index (κ1) is 12.6. The number of halogens is 1. The van der Waals surface area contributed by atoms with E-state index in [2.05, 4.69) is 15.9 Å². The number of benzene rings is 1. The minimum Gasteiger partial charge on any atom is -0.396 e. The molecule has 1 amide bonds. The van der Waals surface area contributed by atoms with Crippen LogP contribution >= 0.6 is 15.9 Å². The Hall–Kier alpha value is -0.870. The van der Waals surface area contributed by atoms with Crippen molar-refractivity contribution in [1.29, 1.82) is 0 Å². The number of aliphatic hydroxyl groups is 1. The number of rotatable bonds is 4. The van der Waals surface area contributed by atoms with E-state index in [1.54, 1.807) is 0 Å². The van der Waals surface area contributed by atoms with Crippen molar-refractivity contribution >= 4 is 21.8 Å². The molecule has 1 saturated heterocycles. The molecule has 0 saturated carbocycles. The highest BCUT2D eigenvalue weighted by Crippen LogP contribution is 2.17. The minimum atomic E-state index is 0.190. The van der Waals surface area contributed by atoms with Crippen LogP contribution in [0, 0.1) is 5.92 Å². The third-order valence-corrected chi connectivity index (χ3v) is 3.58. The number of nitrogens with zero attached hydrogens (tertiary/aromatic N) is 1. The predicted octanol–water partition coefficient (Wildman–Crippen LogP) is 1.83. The summed E-state index contributed by atoms with van der Waals surface area (Å²) in [5.41, 5.74) is 1.17. The molecular weight excluding hydrogens is 282 g/mol. The molecule has 0 aliphatic carbocycles. The fraction of sp³-hybridized carbons (Fsp3) is 0.462. The van der Waals surface area contributed by atoms with E-state index in [1.807, 2.05) is 29.2 Å². The smallest absolute Gasteiger partial charge is 0.222 e. The van der Waals surface area contributed by atoms with Crippen molar-refractivity contribution < 1.29 is 9.90 Å². The van der Waals surface area contributed by atoms with Gasteiger partial charge in [0.25, 0.3) is 0 Å². The van der Waals surface area contributed by atoms with E-state index < -0.39 is 0 Å². The monoisotopic (exact) mass is 297 g/mol. The number of aryl methyl sites for hydroxylation is 1. The van der Waals surface area contributed by atoms with Gasteiger partial charge in [0.05, 0.1) is 0 Å². The van der Waals surface area contributed by atoms with Crippen LogP contribution in [0.4, 0.5) is 0 Å². The number of hydrogen-bond acceptors (Lipinski definition) is 2. The topological polar surface area (TPSA) is 40.5 Å². The van der Waals surface area contributed by atoms with Crippen LogP contribution in [-0.2, 0) is 11.2 Å². The molecule has 4 heteroatoms. The molecule has 1 aromatic rings. The molecule has 0 atom stereocenters. The SMILES string of the molecule is O=C(CCc1cccc(Br)c1)N1CC(CO)C1. The van der Waals surface area contributed by atoms with Gasteiger partial charge in [-0.15, -0.1) is 0 Å². The van der Waals surface area contributed by atoms with Gasteiger partial charge in [0.2, 0.25) is 5.91 Å². The van der Waals surface area contributed by atoms with Crippen molar-refractivity contribution in [3.63, 3.8) is 0 Å². The van der Waals surface area contributed by atoms with Crippen LogP contribution in [0.15, 0.2) is 28.7 Å². The van der Waals surface area contributed by atoms with E-state index in [9.17, 15) is 4.79 Å². The first-order chi connectivity index (χ1) is 8.19. The standard InChI is InChI=1S/C13H16BrNO2/c14-12-3-1-2-10(6-12)4-5-13(17)15-7-11(8-15)9-16/h1-3,6,11,16H,4-5,7-9H2. The number of likely N-dealkylation sites (tertiary alicyclic amines) is 1. The first-order valence-electron chi connectivity index (χ1n) is 5.82. The zero-order valence-electron chi connectivity index (χ0n) is 9.60. The number of aliphatic hydroxyl groups excluding tert-OH is 1. The molecule has 92 valence electrons. The van der Waals surface area contributed by atoms with Crippen LogP contribution in [-0.4, -0.2) is 35.6 Å². The van der Waals surface area contributed by atoms with Crippen molar-refractivity contribution in [3.05, 3.63) is 34.3 Å². The summed E-state index contributed by atoms with van der Waals surface area (Å²) in [6.45, 7) is 1.62. The van der Waals surface area contributed by atoms with Gasteiger partial charge in [0.1, 0.15) is 0 Å². The molecule has 3 nitrogen and oxygen atoms in total. The Bertz CT molecular complexity index is 402. The molecule has 0 unspecified atom stereocenters. The Morgan fingerprint density at radius 1 is 1.47 bits per heavy atom.